The number of halogens is 4. The molecule has 2 N–H and O–H groups in total. The highest BCUT2D eigenvalue weighted by molar-refractivity contribution is 5.37. The first-order chi connectivity index (χ1) is 9.78. The molecule has 112 valence electrons. The van der Waals surface area contributed by atoms with Crippen molar-refractivity contribution < 1.29 is 17.6 Å². The highest BCUT2D eigenvalue weighted by Crippen LogP contribution is 2.50. The van der Waals surface area contributed by atoms with Crippen molar-refractivity contribution in [2.45, 2.75) is 24.8 Å². The number of nitrogens with two attached hydrogens (primary N) is 1. The maximum Gasteiger partial charge on any atom is 0.340 e. The van der Waals surface area contributed by atoms with Crippen LogP contribution in [0, 0.1) is 0 Å². The first kappa shape index (κ1) is 15.5. The SMILES string of the molecule is CC(N)c1ccccc1C(F)(F)C(F)(F)c1ccccc1. The topological polar surface area (TPSA) is 26.0 Å². The predicted molar refractivity (Wildman–Crippen MR) is 73.3 cm³/mol. The first-order valence-electron chi connectivity index (χ1n) is 6.44. The van der Waals surface area contributed by atoms with Gasteiger partial charge in [-0.05, 0) is 12.5 Å². The second-order valence-corrected chi connectivity index (χ2v) is 4.89. The molecule has 2 rings (SSSR count). The van der Waals surface area contributed by atoms with Crippen molar-refractivity contribution in [1.82, 2.24) is 0 Å². The average Bonchev–Trinajstić information content (AvgIpc) is 2.48. The molecule has 0 aromatic heterocycles. The first-order valence-corrected chi connectivity index (χ1v) is 6.44. The van der Waals surface area contributed by atoms with E-state index in [4.69, 9.17) is 5.73 Å². The average molecular weight is 297 g/mol. The van der Waals surface area contributed by atoms with Crippen molar-refractivity contribution in [2.24, 2.45) is 5.73 Å². The zero-order valence-electron chi connectivity index (χ0n) is 11.4. The van der Waals surface area contributed by atoms with Gasteiger partial charge in [0.25, 0.3) is 0 Å². The van der Waals surface area contributed by atoms with Crippen molar-refractivity contribution in [2.75, 3.05) is 0 Å². The van der Waals surface area contributed by atoms with Crippen LogP contribution in [0.5, 0.6) is 0 Å². The molecule has 21 heavy (non-hydrogen) atoms. The van der Waals surface area contributed by atoms with Crippen LogP contribution in [0.3, 0.4) is 0 Å². The Hall–Kier alpha value is -1.88. The summed E-state index contributed by atoms with van der Waals surface area (Å²) in [6, 6.07) is 10.4. The van der Waals surface area contributed by atoms with Crippen molar-refractivity contribution >= 4 is 0 Å². The molecule has 5 heteroatoms. The number of benzene rings is 2. The third-order valence-electron chi connectivity index (χ3n) is 3.32. The summed E-state index contributed by atoms with van der Waals surface area (Å²) in [5, 5.41) is 0. The molecule has 2 aromatic carbocycles. The van der Waals surface area contributed by atoms with Gasteiger partial charge < -0.3 is 5.73 Å². The lowest BCUT2D eigenvalue weighted by molar-refractivity contribution is -0.224. The van der Waals surface area contributed by atoms with Crippen molar-refractivity contribution in [3.8, 4) is 0 Å². The third-order valence-corrected chi connectivity index (χ3v) is 3.32. The zero-order valence-corrected chi connectivity index (χ0v) is 11.4. The van der Waals surface area contributed by atoms with E-state index in [9.17, 15) is 17.6 Å². The summed E-state index contributed by atoms with van der Waals surface area (Å²) in [4.78, 5) is 0. The molecular weight excluding hydrogens is 282 g/mol. The van der Waals surface area contributed by atoms with Crippen LogP contribution in [0.25, 0.3) is 0 Å². The molecule has 0 saturated heterocycles. The van der Waals surface area contributed by atoms with E-state index in [-0.39, 0.29) is 5.56 Å². The van der Waals surface area contributed by atoms with Gasteiger partial charge in [-0.1, -0.05) is 54.6 Å². The monoisotopic (exact) mass is 297 g/mol. The number of hydrogen-bond donors (Lipinski definition) is 1. The Bertz CT molecular complexity index is 609. The summed E-state index contributed by atoms with van der Waals surface area (Å²) < 4.78 is 57.4. The Kier molecular flexibility index (Phi) is 4.05. The summed E-state index contributed by atoms with van der Waals surface area (Å²) in [6.45, 7) is 1.48. The highest BCUT2D eigenvalue weighted by atomic mass is 19.3. The molecule has 0 fully saturated rings. The van der Waals surface area contributed by atoms with Gasteiger partial charge in [-0.3, -0.25) is 0 Å². The molecule has 0 heterocycles. The van der Waals surface area contributed by atoms with Gasteiger partial charge in [0.1, 0.15) is 0 Å². The van der Waals surface area contributed by atoms with Gasteiger partial charge in [0.05, 0.1) is 0 Å². The summed E-state index contributed by atoms with van der Waals surface area (Å²) in [6.07, 6.45) is 0. The Morgan fingerprint density at radius 2 is 1.33 bits per heavy atom. The van der Waals surface area contributed by atoms with Crippen LogP contribution in [0.15, 0.2) is 54.6 Å². The summed E-state index contributed by atoms with van der Waals surface area (Å²) >= 11 is 0. The van der Waals surface area contributed by atoms with Crippen LogP contribution in [0.1, 0.15) is 29.7 Å². The molecule has 0 radical (unpaired) electrons. The third kappa shape index (κ3) is 2.65. The van der Waals surface area contributed by atoms with E-state index in [0.717, 1.165) is 18.2 Å². The molecule has 1 unspecified atom stereocenters. The van der Waals surface area contributed by atoms with E-state index in [0.29, 0.717) is 0 Å². The smallest absolute Gasteiger partial charge is 0.324 e. The van der Waals surface area contributed by atoms with E-state index in [1.165, 1.54) is 43.3 Å². The summed E-state index contributed by atoms with van der Waals surface area (Å²) in [7, 11) is 0. The normalized spacial score (nSPS) is 14.0. The second-order valence-electron chi connectivity index (χ2n) is 4.89. The molecule has 0 spiro atoms. The molecular formula is C16H15F4N. The van der Waals surface area contributed by atoms with E-state index >= 15 is 0 Å². The van der Waals surface area contributed by atoms with Gasteiger partial charge in [0.15, 0.2) is 0 Å². The maximum atomic E-state index is 14.4. The second kappa shape index (κ2) is 5.48. The fraction of sp³-hybridized carbons (Fsp3) is 0.250. The van der Waals surface area contributed by atoms with Crippen LogP contribution in [-0.4, -0.2) is 0 Å². The van der Waals surface area contributed by atoms with Gasteiger partial charge >= 0.3 is 11.8 Å². The van der Waals surface area contributed by atoms with E-state index < -0.39 is 29.0 Å². The van der Waals surface area contributed by atoms with Gasteiger partial charge in [-0.2, -0.15) is 17.6 Å². The molecule has 0 amide bonds. The number of rotatable bonds is 4. The predicted octanol–water partition coefficient (Wildman–Crippen LogP) is 4.59. The van der Waals surface area contributed by atoms with E-state index in [2.05, 4.69) is 0 Å². The quantitative estimate of drug-likeness (QED) is 0.821. The Balaban J connectivity index is 2.56. The number of hydrogen-bond acceptors (Lipinski definition) is 1. The molecule has 0 aliphatic heterocycles. The van der Waals surface area contributed by atoms with Crippen molar-refractivity contribution in [1.29, 1.82) is 0 Å². The highest BCUT2D eigenvalue weighted by Gasteiger charge is 2.59. The minimum absolute atomic E-state index is 0.0121. The Morgan fingerprint density at radius 1 is 0.810 bits per heavy atom. The Morgan fingerprint density at radius 3 is 1.90 bits per heavy atom. The van der Waals surface area contributed by atoms with Gasteiger partial charge in [0.2, 0.25) is 0 Å². The van der Waals surface area contributed by atoms with Gasteiger partial charge in [-0.15, -0.1) is 0 Å². The van der Waals surface area contributed by atoms with E-state index in [1.54, 1.807) is 0 Å². The molecule has 0 saturated carbocycles. The largest absolute Gasteiger partial charge is 0.340 e. The van der Waals surface area contributed by atoms with Crippen LogP contribution in [0.4, 0.5) is 17.6 Å². The molecule has 0 aliphatic rings. The molecule has 2 aromatic rings. The molecule has 1 nitrogen and oxygen atoms in total. The minimum atomic E-state index is -4.35. The number of alkyl halides is 4. The van der Waals surface area contributed by atoms with Gasteiger partial charge in [0, 0.05) is 17.2 Å². The fourth-order valence-corrected chi connectivity index (χ4v) is 2.18. The molecule has 1 atom stereocenters. The maximum absolute atomic E-state index is 14.4. The van der Waals surface area contributed by atoms with Crippen LogP contribution in [-0.2, 0) is 11.8 Å². The van der Waals surface area contributed by atoms with Gasteiger partial charge in [-0.25, -0.2) is 0 Å². The fourth-order valence-electron chi connectivity index (χ4n) is 2.18. The lowest BCUT2D eigenvalue weighted by atomic mass is 9.90. The molecule has 0 aliphatic carbocycles. The zero-order chi connectivity index (χ0) is 15.7. The van der Waals surface area contributed by atoms with Crippen LogP contribution < -0.4 is 5.73 Å². The van der Waals surface area contributed by atoms with E-state index in [1.807, 2.05) is 0 Å². The molecule has 0 bridgehead atoms. The van der Waals surface area contributed by atoms with Crippen LogP contribution >= 0.6 is 0 Å². The Labute approximate surface area is 120 Å². The van der Waals surface area contributed by atoms with Crippen molar-refractivity contribution in [3.05, 3.63) is 71.3 Å². The summed E-state index contributed by atoms with van der Waals surface area (Å²) in [5.41, 5.74) is 4.16. The summed E-state index contributed by atoms with van der Waals surface area (Å²) in [5.74, 6) is -8.67. The minimum Gasteiger partial charge on any atom is -0.324 e. The lowest BCUT2D eigenvalue weighted by Crippen LogP contribution is -2.37. The lowest BCUT2D eigenvalue weighted by Gasteiger charge is -2.29. The standard InChI is InChI=1S/C16H15F4N/c1-11(21)13-9-5-6-10-14(13)16(19,20)15(17,18)12-7-3-2-4-8-12/h2-11H,21H2,1H3. The van der Waals surface area contributed by atoms with Crippen molar-refractivity contribution in [3.63, 3.8) is 0 Å². The van der Waals surface area contributed by atoms with Crippen LogP contribution in [0.2, 0.25) is 0 Å².